The Morgan fingerprint density at radius 1 is 1.14 bits per heavy atom. The van der Waals surface area contributed by atoms with Crippen molar-refractivity contribution in [3.05, 3.63) is 11.1 Å². The van der Waals surface area contributed by atoms with Crippen molar-refractivity contribution in [3.8, 4) is 0 Å². The predicted molar refractivity (Wildman–Crippen MR) is 78.5 cm³/mol. The van der Waals surface area contributed by atoms with Crippen molar-refractivity contribution in [2.45, 2.75) is 20.3 Å². The molecule has 0 spiro atoms. The molecule has 1 N–H and O–H groups in total. The maximum Gasteiger partial charge on any atom is 0.332 e. The number of nitrogens with one attached hydrogen (secondary N) is 1. The van der Waals surface area contributed by atoms with Crippen LogP contribution >= 0.6 is 11.3 Å². The van der Waals surface area contributed by atoms with Gasteiger partial charge in [0, 0.05) is 12.0 Å². The summed E-state index contributed by atoms with van der Waals surface area (Å²) in [6.07, 6.45) is 0.0452. The van der Waals surface area contributed by atoms with Gasteiger partial charge in [0.1, 0.15) is 6.61 Å². The molecule has 1 heterocycles. The molecule has 0 aliphatic rings. The maximum absolute atomic E-state index is 11.6. The molecule has 0 saturated carbocycles. The summed E-state index contributed by atoms with van der Waals surface area (Å²) in [6, 6.07) is 0. The van der Waals surface area contributed by atoms with Crippen LogP contribution in [0.25, 0.3) is 0 Å². The van der Waals surface area contributed by atoms with E-state index in [2.05, 4.69) is 10.3 Å². The SMILES string of the molecule is CCOCC(=O)OCC(=O)Nc1nc(CC(=O)OCC)cs1. The van der Waals surface area contributed by atoms with Gasteiger partial charge in [-0.1, -0.05) is 0 Å². The lowest BCUT2D eigenvalue weighted by molar-refractivity contribution is -0.151. The summed E-state index contributed by atoms with van der Waals surface area (Å²) in [5, 5.41) is 4.45. The van der Waals surface area contributed by atoms with E-state index in [1.165, 1.54) is 11.3 Å². The average Bonchev–Trinajstić information content (AvgIpc) is 2.90. The van der Waals surface area contributed by atoms with Gasteiger partial charge in [-0.15, -0.1) is 11.3 Å². The molecule has 0 aliphatic carbocycles. The van der Waals surface area contributed by atoms with Crippen LogP contribution in [0.5, 0.6) is 0 Å². The molecule has 122 valence electrons. The van der Waals surface area contributed by atoms with Crippen LogP contribution in [0.1, 0.15) is 19.5 Å². The zero-order chi connectivity index (χ0) is 16.4. The Kier molecular flexibility index (Phi) is 8.08. The van der Waals surface area contributed by atoms with Crippen molar-refractivity contribution >= 4 is 34.3 Å². The highest BCUT2D eigenvalue weighted by Crippen LogP contribution is 2.16. The number of hydrogen-bond acceptors (Lipinski definition) is 8. The summed E-state index contributed by atoms with van der Waals surface area (Å²) >= 11 is 1.17. The minimum absolute atomic E-state index is 0.0452. The van der Waals surface area contributed by atoms with Gasteiger partial charge < -0.3 is 14.2 Å². The minimum atomic E-state index is -0.612. The van der Waals surface area contributed by atoms with Gasteiger partial charge in [0.05, 0.1) is 18.7 Å². The Labute approximate surface area is 131 Å². The van der Waals surface area contributed by atoms with E-state index in [9.17, 15) is 14.4 Å². The average molecular weight is 330 g/mol. The molecule has 22 heavy (non-hydrogen) atoms. The highest BCUT2D eigenvalue weighted by molar-refractivity contribution is 7.13. The lowest BCUT2D eigenvalue weighted by atomic mass is 10.3. The van der Waals surface area contributed by atoms with Crippen molar-refractivity contribution in [2.75, 3.05) is 31.7 Å². The van der Waals surface area contributed by atoms with Crippen LogP contribution in [0.2, 0.25) is 0 Å². The number of nitrogens with zero attached hydrogens (tertiary/aromatic N) is 1. The van der Waals surface area contributed by atoms with Gasteiger partial charge in [-0.05, 0) is 13.8 Å². The van der Waals surface area contributed by atoms with Crippen LogP contribution < -0.4 is 5.32 Å². The van der Waals surface area contributed by atoms with E-state index in [0.717, 1.165) is 0 Å². The number of rotatable bonds is 9. The lowest BCUT2D eigenvalue weighted by Crippen LogP contribution is -2.22. The first-order chi connectivity index (χ1) is 10.5. The van der Waals surface area contributed by atoms with E-state index in [-0.39, 0.29) is 19.0 Å². The molecular weight excluding hydrogens is 312 g/mol. The summed E-state index contributed by atoms with van der Waals surface area (Å²) < 4.78 is 14.4. The zero-order valence-electron chi connectivity index (χ0n) is 12.4. The van der Waals surface area contributed by atoms with E-state index in [4.69, 9.17) is 14.2 Å². The number of carbonyl (C=O) groups is 3. The number of esters is 2. The van der Waals surface area contributed by atoms with E-state index >= 15 is 0 Å². The number of amides is 1. The molecule has 0 radical (unpaired) electrons. The molecule has 8 nitrogen and oxygen atoms in total. The standard InChI is InChI=1S/C13H18N2O6S/c1-3-19-7-12(18)21-6-10(16)15-13-14-9(8-22-13)5-11(17)20-4-2/h8H,3-7H2,1-2H3,(H,14,15,16). The van der Waals surface area contributed by atoms with Crippen LogP contribution in [0.4, 0.5) is 5.13 Å². The van der Waals surface area contributed by atoms with Crippen molar-refractivity contribution in [1.82, 2.24) is 4.98 Å². The van der Waals surface area contributed by atoms with Crippen molar-refractivity contribution < 1.29 is 28.6 Å². The third kappa shape index (κ3) is 7.14. The Morgan fingerprint density at radius 3 is 2.59 bits per heavy atom. The quantitative estimate of drug-likeness (QED) is 0.667. The van der Waals surface area contributed by atoms with E-state index in [0.29, 0.717) is 24.0 Å². The second-order valence-electron chi connectivity index (χ2n) is 3.97. The van der Waals surface area contributed by atoms with Gasteiger partial charge >= 0.3 is 11.9 Å². The van der Waals surface area contributed by atoms with Gasteiger partial charge in [-0.2, -0.15) is 0 Å². The predicted octanol–water partition coefficient (Wildman–Crippen LogP) is 0.767. The van der Waals surface area contributed by atoms with E-state index in [1.807, 2.05) is 0 Å². The Balaban J connectivity index is 2.34. The molecule has 0 fully saturated rings. The fraction of sp³-hybridized carbons (Fsp3) is 0.538. The topological polar surface area (TPSA) is 104 Å². The molecule has 1 aromatic rings. The first kappa shape index (κ1) is 18.1. The Morgan fingerprint density at radius 2 is 1.91 bits per heavy atom. The maximum atomic E-state index is 11.6. The van der Waals surface area contributed by atoms with Gasteiger partial charge in [0.25, 0.3) is 5.91 Å². The second-order valence-corrected chi connectivity index (χ2v) is 4.83. The Hall–Kier alpha value is -2.00. The van der Waals surface area contributed by atoms with Crippen LogP contribution in [-0.2, 0) is 35.0 Å². The van der Waals surface area contributed by atoms with Crippen LogP contribution in [0.3, 0.4) is 0 Å². The number of anilines is 1. The third-order valence-corrected chi connectivity index (χ3v) is 3.02. The Bertz CT molecular complexity index is 516. The number of ether oxygens (including phenoxy) is 3. The molecule has 0 unspecified atom stereocenters. The minimum Gasteiger partial charge on any atom is -0.466 e. The molecule has 9 heteroatoms. The molecule has 0 aliphatic heterocycles. The molecule has 1 rings (SSSR count). The van der Waals surface area contributed by atoms with E-state index < -0.39 is 18.5 Å². The van der Waals surface area contributed by atoms with Gasteiger partial charge in [0.15, 0.2) is 11.7 Å². The normalized spacial score (nSPS) is 10.1. The van der Waals surface area contributed by atoms with Crippen molar-refractivity contribution in [2.24, 2.45) is 0 Å². The van der Waals surface area contributed by atoms with Crippen LogP contribution in [-0.4, -0.2) is 49.3 Å². The number of hydrogen-bond donors (Lipinski definition) is 1. The summed E-state index contributed by atoms with van der Waals surface area (Å²) in [5.41, 5.74) is 0.507. The summed E-state index contributed by atoms with van der Waals surface area (Å²) in [4.78, 5) is 38.1. The number of carbonyl (C=O) groups excluding carboxylic acids is 3. The molecule has 1 amide bonds. The molecule has 1 aromatic heterocycles. The summed E-state index contributed by atoms with van der Waals surface area (Å²) in [6.45, 7) is 3.56. The van der Waals surface area contributed by atoms with Gasteiger partial charge in [-0.3, -0.25) is 14.9 Å². The van der Waals surface area contributed by atoms with Gasteiger partial charge in [-0.25, -0.2) is 9.78 Å². The summed E-state index contributed by atoms with van der Waals surface area (Å²) in [5.74, 6) is -1.50. The molecule has 0 saturated heterocycles. The third-order valence-electron chi connectivity index (χ3n) is 2.22. The summed E-state index contributed by atoms with van der Waals surface area (Å²) in [7, 11) is 0. The highest BCUT2D eigenvalue weighted by Gasteiger charge is 2.12. The van der Waals surface area contributed by atoms with Crippen molar-refractivity contribution in [1.29, 1.82) is 0 Å². The van der Waals surface area contributed by atoms with E-state index in [1.54, 1.807) is 19.2 Å². The van der Waals surface area contributed by atoms with Crippen molar-refractivity contribution in [3.63, 3.8) is 0 Å². The number of aromatic nitrogens is 1. The zero-order valence-corrected chi connectivity index (χ0v) is 13.2. The van der Waals surface area contributed by atoms with Crippen LogP contribution in [0.15, 0.2) is 5.38 Å². The highest BCUT2D eigenvalue weighted by atomic mass is 32.1. The second kappa shape index (κ2) is 9.85. The monoisotopic (exact) mass is 330 g/mol. The molecular formula is C13H18N2O6S. The first-order valence-corrected chi connectivity index (χ1v) is 7.56. The fourth-order valence-electron chi connectivity index (χ4n) is 1.33. The smallest absolute Gasteiger partial charge is 0.332 e. The largest absolute Gasteiger partial charge is 0.466 e. The van der Waals surface area contributed by atoms with Crippen LogP contribution in [0, 0.1) is 0 Å². The fourth-order valence-corrected chi connectivity index (χ4v) is 2.06. The molecule has 0 atom stereocenters. The van der Waals surface area contributed by atoms with Gasteiger partial charge in [0.2, 0.25) is 0 Å². The molecule has 0 bridgehead atoms. The molecule has 0 aromatic carbocycles. The first-order valence-electron chi connectivity index (χ1n) is 6.68. The lowest BCUT2D eigenvalue weighted by Gasteiger charge is -2.04. The number of thiazole rings is 1.